The van der Waals surface area contributed by atoms with Gasteiger partial charge in [0.25, 0.3) is 5.91 Å². The summed E-state index contributed by atoms with van der Waals surface area (Å²) in [4.78, 5) is 14.1. The van der Waals surface area contributed by atoms with Crippen LogP contribution in [0.3, 0.4) is 0 Å². The predicted octanol–water partition coefficient (Wildman–Crippen LogP) is 3.29. The predicted molar refractivity (Wildman–Crippen MR) is 71.2 cm³/mol. The molecule has 0 bridgehead atoms. The normalized spacial score (nSPS) is 13.5. The zero-order chi connectivity index (χ0) is 13.4. The smallest absolute Gasteiger partial charge is 0.257 e. The van der Waals surface area contributed by atoms with Crippen molar-refractivity contribution in [1.29, 1.82) is 0 Å². The molecule has 0 spiro atoms. The van der Waals surface area contributed by atoms with Gasteiger partial charge in [0.1, 0.15) is 5.82 Å². The van der Waals surface area contributed by atoms with Crippen LogP contribution in [0.1, 0.15) is 27.0 Å². The van der Waals surface area contributed by atoms with Crippen LogP contribution in [0.5, 0.6) is 0 Å². The van der Waals surface area contributed by atoms with Crippen LogP contribution in [0.25, 0.3) is 0 Å². The molecule has 1 amide bonds. The molecule has 0 radical (unpaired) electrons. The van der Waals surface area contributed by atoms with E-state index in [1.807, 2.05) is 24.3 Å². The summed E-state index contributed by atoms with van der Waals surface area (Å²) in [5.41, 5.74) is 2.95. The highest BCUT2D eigenvalue weighted by Crippen LogP contribution is 2.25. The van der Waals surface area contributed by atoms with Crippen LogP contribution in [0, 0.1) is 12.7 Å². The lowest BCUT2D eigenvalue weighted by Gasteiger charge is -2.16. The second-order valence-electron chi connectivity index (χ2n) is 4.87. The third kappa shape index (κ3) is 2.01. The molecule has 1 aliphatic heterocycles. The number of carbonyl (C=O) groups is 1. The van der Waals surface area contributed by atoms with Crippen LogP contribution < -0.4 is 0 Å². The van der Waals surface area contributed by atoms with Gasteiger partial charge in [-0.25, -0.2) is 4.39 Å². The molecule has 0 atom stereocenters. The Morgan fingerprint density at radius 2 is 1.68 bits per heavy atom. The molecule has 0 fully saturated rings. The van der Waals surface area contributed by atoms with E-state index in [9.17, 15) is 9.18 Å². The van der Waals surface area contributed by atoms with Crippen molar-refractivity contribution in [3.8, 4) is 0 Å². The van der Waals surface area contributed by atoms with Gasteiger partial charge in [-0.1, -0.05) is 36.4 Å². The molecule has 19 heavy (non-hydrogen) atoms. The Hall–Kier alpha value is -2.16. The molecule has 1 aliphatic rings. The first-order chi connectivity index (χ1) is 9.16. The minimum absolute atomic E-state index is 0.160. The summed E-state index contributed by atoms with van der Waals surface area (Å²) in [6.45, 7) is 2.79. The standard InChI is InChI=1S/C16H14FNO/c1-11-5-4-8-14(15(11)17)16(19)18-9-12-6-2-3-7-13(12)10-18/h2-8H,9-10H2,1H3. The minimum Gasteiger partial charge on any atom is -0.330 e. The van der Waals surface area contributed by atoms with Crippen LogP contribution in [0.2, 0.25) is 0 Å². The van der Waals surface area contributed by atoms with Crippen LogP contribution in [-0.2, 0) is 13.1 Å². The molecular weight excluding hydrogens is 241 g/mol. The highest BCUT2D eigenvalue weighted by molar-refractivity contribution is 5.95. The van der Waals surface area contributed by atoms with E-state index in [2.05, 4.69) is 0 Å². The van der Waals surface area contributed by atoms with E-state index in [4.69, 9.17) is 0 Å². The first-order valence-electron chi connectivity index (χ1n) is 6.28. The van der Waals surface area contributed by atoms with Gasteiger partial charge in [0, 0.05) is 13.1 Å². The molecular formula is C16H14FNO. The van der Waals surface area contributed by atoms with Gasteiger partial charge in [0.15, 0.2) is 0 Å². The minimum atomic E-state index is -0.413. The topological polar surface area (TPSA) is 20.3 Å². The van der Waals surface area contributed by atoms with Crippen molar-refractivity contribution in [1.82, 2.24) is 4.90 Å². The summed E-state index contributed by atoms with van der Waals surface area (Å²) < 4.78 is 14.0. The molecule has 1 heterocycles. The molecule has 2 aromatic rings. The number of aryl methyl sites for hydroxylation is 1. The third-order valence-electron chi connectivity index (χ3n) is 3.55. The van der Waals surface area contributed by atoms with Crippen molar-refractivity contribution >= 4 is 5.91 Å². The molecule has 0 saturated heterocycles. The molecule has 2 nitrogen and oxygen atoms in total. The Balaban J connectivity index is 1.89. The fraction of sp³-hybridized carbons (Fsp3) is 0.188. The van der Waals surface area contributed by atoms with Gasteiger partial charge >= 0.3 is 0 Å². The maximum atomic E-state index is 14.0. The molecule has 3 rings (SSSR count). The average molecular weight is 255 g/mol. The first kappa shape index (κ1) is 11.9. The monoisotopic (exact) mass is 255 g/mol. The highest BCUT2D eigenvalue weighted by Gasteiger charge is 2.25. The van der Waals surface area contributed by atoms with Crippen molar-refractivity contribution in [3.05, 3.63) is 70.5 Å². The Bertz CT molecular complexity index is 626. The lowest BCUT2D eigenvalue weighted by atomic mass is 10.1. The first-order valence-corrected chi connectivity index (χ1v) is 6.28. The summed E-state index contributed by atoms with van der Waals surface area (Å²) in [5, 5.41) is 0. The summed E-state index contributed by atoms with van der Waals surface area (Å²) in [6, 6.07) is 12.9. The molecule has 0 N–H and O–H groups in total. The van der Waals surface area contributed by atoms with Gasteiger partial charge in [0.2, 0.25) is 0 Å². The number of fused-ring (bicyclic) bond motifs is 1. The van der Waals surface area contributed by atoms with Crippen LogP contribution in [0.15, 0.2) is 42.5 Å². The number of benzene rings is 2. The molecule has 0 aromatic heterocycles. The van der Waals surface area contributed by atoms with Crippen LogP contribution in [0.4, 0.5) is 4.39 Å². The fourth-order valence-corrected chi connectivity index (χ4v) is 2.46. The number of halogens is 1. The van der Waals surface area contributed by atoms with Crippen molar-refractivity contribution in [2.24, 2.45) is 0 Å². The van der Waals surface area contributed by atoms with Gasteiger partial charge < -0.3 is 4.90 Å². The maximum absolute atomic E-state index is 14.0. The molecule has 3 heteroatoms. The van der Waals surface area contributed by atoms with Crippen molar-refractivity contribution < 1.29 is 9.18 Å². The van der Waals surface area contributed by atoms with Gasteiger partial charge in [-0.15, -0.1) is 0 Å². The Labute approximate surface area is 111 Å². The molecule has 0 unspecified atom stereocenters. The Morgan fingerprint density at radius 1 is 1.05 bits per heavy atom. The second-order valence-corrected chi connectivity index (χ2v) is 4.87. The van der Waals surface area contributed by atoms with Crippen molar-refractivity contribution in [2.75, 3.05) is 0 Å². The number of hydrogen-bond donors (Lipinski definition) is 0. The third-order valence-corrected chi connectivity index (χ3v) is 3.55. The van der Waals surface area contributed by atoms with E-state index >= 15 is 0 Å². The van der Waals surface area contributed by atoms with Gasteiger partial charge in [-0.3, -0.25) is 4.79 Å². The number of amides is 1. The number of carbonyl (C=O) groups excluding carboxylic acids is 1. The van der Waals surface area contributed by atoms with E-state index in [1.54, 1.807) is 30.0 Å². The molecule has 0 aliphatic carbocycles. The summed E-state index contributed by atoms with van der Waals surface area (Å²) in [6.07, 6.45) is 0. The lowest BCUT2D eigenvalue weighted by molar-refractivity contribution is 0.0746. The molecule has 2 aromatic carbocycles. The van der Waals surface area contributed by atoms with Crippen molar-refractivity contribution in [2.45, 2.75) is 20.0 Å². The second kappa shape index (κ2) is 4.50. The molecule has 96 valence electrons. The van der Waals surface area contributed by atoms with E-state index in [-0.39, 0.29) is 11.5 Å². The van der Waals surface area contributed by atoms with Crippen LogP contribution in [-0.4, -0.2) is 10.8 Å². The largest absolute Gasteiger partial charge is 0.330 e. The maximum Gasteiger partial charge on any atom is 0.257 e. The zero-order valence-electron chi connectivity index (χ0n) is 10.7. The zero-order valence-corrected chi connectivity index (χ0v) is 10.7. The number of hydrogen-bond acceptors (Lipinski definition) is 1. The number of nitrogens with zero attached hydrogens (tertiary/aromatic N) is 1. The summed E-state index contributed by atoms with van der Waals surface area (Å²) in [7, 11) is 0. The van der Waals surface area contributed by atoms with Gasteiger partial charge in [0.05, 0.1) is 5.56 Å². The SMILES string of the molecule is Cc1cccc(C(=O)N2Cc3ccccc3C2)c1F. The summed E-state index contributed by atoms with van der Waals surface area (Å²) in [5.74, 6) is -0.652. The fourth-order valence-electron chi connectivity index (χ4n) is 2.46. The number of rotatable bonds is 1. The van der Waals surface area contributed by atoms with E-state index < -0.39 is 5.82 Å². The molecule has 0 saturated carbocycles. The van der Waals surface area contributed by atoms with E-state index in [1.165, 1.54) is 0 Å². The van der Waals surface area contributed by atoms with E-state index in [0.717, 1.165) is 11.1 Å². The van der Waals surface area contributed by atoms with E-state index in [0.29, 0.717) is 18.7 Å². The quantitative estimate of drug-likeness (QED) is 0.765. The van der Waals surface area contributed by atoms with Gasteiger partial charge in [-0.2, -0.15) is 0 Å². The highest BCUT2D eigenvalue weighted by atomic mass is 19.1. The Morgan fingerprint density at radius 3 is 2.32 bits per heavy atom. The Kier molecular flexibility index (Phi) is 2.82. The van der Waals surface area contributed by atoms with Gasteiger partial charge in [-0.05, 0) is 29.7 Å². The van der Waals surface area contributed by atoms with Crippen molar-refractivity contribution in [3.63, 3.8) is 0 Å². The summed E-state index contributed by atoms with van der Waals surface area (Å²) >= 11 is 0. The average Bonchev–Trinajstić information content (AvgIpc) is 2.85. The van der Waals surface area contributed by atoms with Crippen LogP contribution >= 0.6 is 0 Å². The lowest BCUT2D eigenvalue weighted by Crippen LogP contribution is -2.26.